The normalized spacial score (nSPS) is 34.5. The van der Waals surface area contributed by atoms with Gasteiger partial charge in [0.1, 0.15) is 0 Å². The number of carboxylic acids is 1. The molecule has 5 heteroatoms. The van der Waals surface area contributed by atoms with Crippen LogP contribution >= 0.6 is 0 Å². The van der Waals surface area contributed by atoms with E-state index >= 15 is 0 Å². The zero-order valence-corrected chi connectivity index (χ0v) is 16.0. The third-order valence-corrected chi connectivity index (χ3v) is 7.27. The molecule has 0 aromatic heterocycles. The lowest BCUT2D eigenvalue weighted by Gasteiger charge is -2.25. The summed E-state index contributed by atoms with van der Waals surface area (Å²) in [4.78, 5) is 15.7. The number of nitrogens with one attached hydrogen (secondary N) is 1. The van der Waals surface area contributed by atoms with Crippen LogP contribution in [0.1, 0.15) is 30.7 Å². The van der Waals surface area contributed by atoms with E-state index in [9.17, 15) is 4.79 Å². The van der Waals surface area contributed by atoms with Crippen molar-refractivity contribution in [1.29, 1.82) is 0 Å². The zero-order chi connectivity index (χ0) is 18.4. The predicted molar refractivity (Wildman–Crippen MR) is 105 cm³/mol. The van der Waals surface area contributed by atoms with Crippen molar-refractivity contribution in [3.63, 3.8) is 0 Å². The van der Waals surface area contributed by atoms with Crippen LogP contribution in [0.3, 0.4) is 0 Å². The lowest BCUT2D eigenvalue weighted by Crippen LogP contribution is -2.38. The van der Waals surface area contributed by atoms with Gasteiger partial charge in [-0.05, 0) is 42.1 Å². The van der Waals surface area contributed by atoms with E-state index in [0.717, 1.165) is 19.6 Å². The fraction of sp³-hybridized carbons (Fsp3) is 0.682. The summed E-state index contributed by atoms with van der Waals surface area (Å²) < 4.78 is 0. The van der Waals surface area contributed by atoms with Gasteiger partial charge in [-0.25, -0.2) is 0 Å². The Bertz CT molecular complexity index is 676. The summed E-state index contributed by atoms with van der Waals surface area (Å²) >= 11 is 0. The van der Waals surface area contributed by atoms with Crippen molar-refractivity contribution >= 4 is 5.97 Å². The predicted octanol–water partition coefficient (Wildman–Crippen LogP) is 1.86. The Hall–Kier alpha value is -1.43. The van der Waals surface area contributed by atoms with Crippen molar-refractivity contribution in [2.24, 2.45) is 17.3 Å². The number of fused-ring (bicyclic) bond motifs is 1. The van der Waals surface area contributed by atoms with Crippen LogP contribution in [0.25, 0.3) is 0 Å². The first-order valence-corrected chi connectivity index (χ1v) is 10.6. The van der Waals surface area contributed by atoms with Crippen molar-refractivity contribution in [3.8, 4) is 0 Å². The number of rotatable bonds is 8. The van der Waals surface area contributed by atoms with E-state index in [4.69, 9.17) is 5.11 Å². The van der Waals surface area contributed by atoms with Gasteiger partial charge in [0, 0.05) is 51.2 Å². The summed E-state index contributed by atoms with van der Waals surface area (Å²) in [6, 6.07) is 11.6. The summed E-state index contributed by atoms with van der Waals surface area (Å²) in [5.74, 6) is 1.38. The van der Waals surface area contributed by atoms with Crippen molar-refractivity contribution in [1.82, 2.24) is 15.1 Å². The zero-order valence-electron chi connectivity index (χ0n) is 16.0. The van der Waals surface area contributed by atoms with Gasteiger partial charge in [0.2, 0.25) is 0 Å². The van der Waals surface area contributed by atoms with Gasteiger partial charge in [-0.1, -0.05) is 30.3 Å². The monoisotopic (exact) mass is 369 g/mol. The molecule has 2 N–H and O–H groups in total. The van der Waals surface area contributed by atoms with Gasteiger partial charge in [-0.3, -0.25) is 9.69 Å². The average Bonchev–Trinajstić information content (AvgIpc) is 3.50. The lowest BCUT2D eigenvalue weighted by molar-refractivity contribution is -0.138. The van der Waals surface area contributed by atoms with E-state index in [-0.39, 0.29) is 6.54 Å². The first-order valence-electron chi connectivity index (χ1n) is 10.6. The Morgan fingerprint density at radius 2 is 1.74 bits per heavy atom. The first-order chi connectivity index (χ1) is 13.1. The van der Waals surface area contributed by atoms with Crippen molar-refractivity contribution in [3.05, 3.63) is 35.9 Å². The Labute approximate surface area is 161 Å². The second kappa shape index (κ2) is 6.87. The second-order valence-corrected chi connectivity index (χ2v) is 9.54. The highest BCUT2D eigenvalue weighted by molar-refractivity contribution is 5.69. The Morgan fingerprint density at radius 1 is 1.07 bits per heavy atom. The average molecular weight is 370 g/mol. The Morgan fingerprint density at radius 3 is 2.37 bits per heavy atom. The highest BCUT2D eigenvalue weighted by atomic mass is 16.4. The van der Waals surface area contributed by atoms with Gasteiger partial charge >= 0.3 is 5.97 Å². The highest BCUT2D eigenvalue weighted by Crippen LogP contribution is 2.48. The molecule has 2 saturated carbocycles. The van der Waals surface area contributed by atoms with Crippen LogP contribution in [0, 0.1) is 17.3 Å². The van der Waals surface area contributed by atoms with E-state index in [1.54, 1.807) is 0 Å². The molecular weight excluding hydrogens is 338 g/mol. The van der Waals surface area contributed by atoms with Gasteiger partial charge in [-0.15, -0.1) is 0 Å². The molecule has 2 aliphatic carbocycles. The van der Waals surface area contributed by atoms with Gasteiger partial charge < -0.3 is 15.3 Å². The molecule has 0 bridgehead atoms. The summed E-state index contributed by atoms with van der Waals surface area (Å²) in [6.45, 7) is 6.88. The van der Waals surface area contributed by atoms with E-state index in [1.807, 2.05) is 0 Å². The minimum absolute atomic E-state index is 0.213. The van der Waals surface area contributed by atoms with Crippen LogP contribution in [0.15, 0.2) is 30.3 Å². The molecule has 27 heavy (non-hydrogen) atoms. The molecule has 1 aromatic rings. The number of carbonyl (C=O) groups is 1. The molecule has 4 atom stereocenters. The molecule has 2 aliphatic heterocycles. The van der Waals surface area contributed by atoms with Gasteiger partial charge in [0.15, 0.2) is 0 Å². The summed E-state index contributed by atoms with van der Waals surface area (Å²) in [7, 11) is 0. The molecule has 5 nitrogen and oxygen atoms in total. The second-order valence-electron chi connectivity index (χ2n) is 9.54. The van der Waals surface area contributed by atoms with Crippen LogP contribution in [0.4, 0.5) is 0 Å². The van der Waals surface area contributed by atoms with Crippen LogP contribution in [0.5, 0.6) is 0 Å². The molecule has 5 rings (SSSR count). The molecule has 4 fully saturated rings. The third-order valence-electron chi connectivity index (χ3n) is 7.27. The maximum Gasteiger partial charge on any atom is 0.317 e. The quantitative estimate of drug-likeness (QED) is 0.733. The largest absolute Gasteiger partial charge is 0.480 e. The van der Waals surface area contributed by atoms with Crippen molar-refractivity contribution in [2.45, 2.75) is 31.2 Å². The number of aliphatic carboxylic acids is 1. The van der Waals surface area contributed by atoms with Gasteiger partial charge in [0.25, 0.3) is 0 Å². The van der Waals surface area contributed by atoms with E-state index in [0.29, 0.717) is 29.2 Å². The molecular formula is C22H31N3O2. The van der Waals surface area contributed by atoms with Crippen molar-refractivity contribution in [2.75, 3.05) is 45.8 Å². The number of benzene rings is 1. The minimum Gasteiger partial charge on any atom is -0.480 e. The highest BCUT2D eigenvalue weighted by Gasteiger charge is 2.49. The maximum atomic E-state index is 10.9. The molecule has 2 heterocycles. The SMILES string of the molecule is O=C(O)CN1CC2CN(CC3(CNC4C[C@@H]4c4ccccc4)CC3)CC2C1. The summed E-state index contributed by atoms with van der Waals surface area (Å²) in [6.07, 6.45) is 4.01. The lowest BCUT2D eigenvalue weighted by atomic mass is 10.0. The molecule has 146 valence electrons. The first kappa shape index (κ1) is 17.7. The number of carboxylic acid groups (broad SMARTS) is 1. The van der Waals surface area contributed by atoms with Crippen LogP contribution < -0.4 is 5.32 Å². The Kier molecular flexibility index (Phi) is 4.49. The number of hydrogen-bond acceptors (Lipinski definition) is 4. The smallest absolute Gasteiger partial charge is 0.317 e. The number of likely N-dealkylation sites (tertiary alicyclic amines) is 2. The fourth-order valence-electron chi connectivity index (χ4n) is 5.52. The molecule has 1 aromatic carbocycles. The topological polar surface area (TPSA) is 55.8 Å². The molecule has 0 amide bonds. The van der Waals surface area contributed by atoms with Gasteiger partial charge in [0.05, 0.1) is 6.54 Å². The number of nitrogens with zero attached hydrogens (tertiary/aromatic N) is 2. The maximum absolute atomic E-state index is 10.9. The van der Waals surface area contributed by atoms with Crippen molar-refractivity contribution < 1.29 is 9.90 Å². The van der Waals surface area contributed by atoms with Crippen LogP contribution in [0.2, 0.25) is 0 Å². The van der Waals surface area contributed by atoms with Crippen LogP contribution in [-0.4, -0.2) is 72.7 Å². The minimum atomic E-state index is -0.691. The molecule has 3 unspecified atom stereocenters. The summed E-state index contributed by atoms with van der Waals surface area (Å²) in [5, 5.41) is 12.9. The standard InChI is InChI=1S/C22H31N3O2/c26-21(27)13-24-9-17-11-25(12-18(17)10-24)15-22(6-7-22)14-23-20-8-19(20)16-4-2-1-3-5-16/h1-5,17-20,23H,6-15H2,(H,26,27)/t17?,18?,19-,20?/m1/s1. The number of hydrogen-bond donors (Lipinski definition) is 2. The van der Waals surface area contributed by atoms with E-state index < -0.39 is 5.97 Å². The third kappa shape index (κ3) is 3.91. The van der Waals surface area contributed by atoms with E-state index in [1.165, 1.54) is 44.5 Å². The molecule has 2 saturated heterocycles. The van der Waals surface area contributed by atoms with E-state index in [2.05, 4.69) is 45.4 Å². The van der Waals surface area contributed by atoms with Gasteiger partial charge in [-0.2, -0.15) is 0 Å². The van der Waals surface area contributed by atoms with Crippen LogP contribution in [-0.2, 0) is 4.79 Å². The molecule has 0 spiro atoms. The fourth-order valence-corrected chi connectivity index (χ4v) is 5.52. The Balaban J connectivity index is 1.07. The summed E-state index contributed by atoms with van der Waals surface area (Å²) in [5.41, 5.74) is 1.99. The molecule has 4 aliphatic rings. The molecule has 0 radical (unpaired) electrons.